The van der Waals surface area contributed by atoms with Crippen LogP contribution in [0.15, 0.2) is 29.3 Å². The van der Waals surface area contributed by atoms with E-state index in [1.165, 1.54) is 6.07 Å². The Morgan fingerprint density at radius 1 is 1.31 bits per heavy atom. The zero-order chi connectivity index (χ0) is 21.8. The van der Waals surface area contributed by atoms with Gasteiger partial charge in [0, 0.05) is 24.9 Å². The second kappa shape index (κ2) is 8.31. The maximum Gasteiger partial charge on any atom is 0.416 e. The molecule has 0 spiro atoms. The molecule has 0 aliphatic heterocycles. The number of nitrogens with zero attached hydrogens (tertiary/aromatic N) is 3. The first-order chi connectivity index (χ1) is 13.4. The largest absolute Gasteiger partial charge is 0.416 e. The van der Waals surface area contributed by atoms with E-state index in [0.29, 0.717) is 0 Å². The Kier molecular flexibility index (Phi) is 6.28. The molecule has 0 saturated heterocycles. The summed E-state index contributed by atoms with van der Waals surface area (Å²) in [5.41, 5.74) is 4.15. The minimum absolute atomic E-state index is 0.0341. The van der Waals surface area contributed by atoms with E-state index in [1.807, 2.05) is 0 Å². The average Bonchev–Trinajstić information content (AvgIpc) is 2.60. The van der Waals surface area contributed by atoms with Gasteiger partial charge in [-0.15, -0.1) is 0 Å². The number of carbonyl (C=O) groups is 1. The van der Waals surface area contributed by atoms with E-state index in [0.717, 1.165) is 24.5 Å². The fourth-order valence-corrected chi connectivity index (χ4v) is 3.02. The fourth-order valence-electron chi connectivity index (χ4n) is 2.24. The molecule has 29 heavy (non-hydrogen) atoms. The van der Waals surface area contributed by atoms with E-state index < -0.39 is 32.5 Å². The van der Waals surface area contributed by atoms with Crippen molar-refractivity contribution in [3.8, 4) is 6.07 Å². The zero-order valence-corrected chi connectivity index (χ0v) is 15.7. The average molecular weight is 428 g/mol. The van der Waals surface area contributed by atoms with Crippen molar-refractivity contribution in [1.82, 2.24) is 9.97 Å². The molecule has 0 aliphatic carbocycles. The van der Waals surface area contributed by atoms with Crippen LogP contribution in [0.2, 0.25) is 0 Å². The van der Waals surface area contributed by atoms with Gasteiger partial charge in [0.25, 0.3) is 0 Å². The monoisotopic (exact) mass is 428 g/mol. The van der Waals surface area contributed by atoms with Crippen LogP contribution in [0.4, 0.5) is 30.6 Å². The van der Waals surface area contributed by atoms with E-state index in [-0.39, 0.29) is 36.0 Å². The number of amides is 1. The number of hydrogen-bond donors (Lipinski definition) is 3. The van der Waals surface area contributed by atoms with Crippen molar-refractivity contribution in [2.75, 3.05) is 29.2 Å². The molecule has 0 atom stereocenters. The highest BCUT2D eigenvalue weighted by Gasteiger charge is 2.30. The molecule has 4 N–H and O–H groups in total. The highest BCUT2D eigenvalue weighted by molar-refractivity contribution is 7.90. The Morgan fingerprint density at radius 2 is 2.00 bits per heavy atom. The molecule has 0 fully saturated rings. The summed E-state index contributed by atoms with van der Waals surface area (Å²) in [7, 11) is -3.85. The van der Waals surface area contributed by atoms with Crippen molar-refractivity contribution < 1.29 is 26.4 Å². The minimum Gasteiger partial charge on any atom is -0.368 e. The molecule has 9 nitrogen and oxygen atoms in total. The van der Waals surface area contributed by atoms with Gasteiger partial charge in [-0.2, -0.15) is 28.4 Å². The third kappa shape index (κ3) is 5.79. The number of alkyl halides is 3. The number of nitrogens with two attached hydrogens (primary N) is 1. The van der Waals surface area contributed by atoms with E-state index in [1.54, 1.807) is 6.07 Å². The number of aromatic nitrogens is 2. The smallest absolute Gasteiger partial charge is 0.368 e. The van der Waals surface area contributed by atoms with Crippen LogP contribution >= 0.6 is 0 Å². The van der Waals surface area contributed by atoms with Gasteiger partial charge in [0.15, 0.2) is 20.7 Å². The summed E-state index contributed by atoms with van der Waals surface area (Å²) in [6.45, 7) is -0.0981. The van der Waals surface area contributed by atoms with Crippen LogP contribution in [0.5, 0.6) is 0 Å². The van der Waals surface area contributed by atoms with E-state index in [9.17, 15) is 31.6 Å². The van der Waals surface area contributed by atoms with Crippen LogP contribution in [0.3, 0.4) is 0 Å². The lowest BCUT2D eigenvalue weighted by atomic mass is 10.2. The van der Waals surface area contributed by atoms with Crippen LogP contribution in [0.25, 0.3) is 0 Å². The number of hydrogen-bond acceptors (Lipinski definition) is 8. The number of anilines is 3. The number of benzene rings is 1. The second-order valence-corrected chi connectivity index (χ2v) is 7.73. The summed E-state index contributed by atoms with van der Waals surface area (Å²) in [6.07, 6.45) is -3.90. The summed E-state index contributed by atoms with van der Waals surface area (Å²) in [6, 6.07) is 5.80. The highest BCUT2D eigenvalue weighted by atomic mass is 32.2. The predicted octanol–water partition coefficient (Wildman–Crippen LogP) is 1.79. The third-order valence-electron chi connectivity index (χ3n) is 3.47. The van der Waals surface area contributed by atoms with Crippen LogP contribution in [-0.2, 0) is 20.8 Å². The molecule has 2 aromatic rings. The van der Waals surface area contributed by atoms with Gasteiger partial charge < -0.3 is 16.4 Å². The molecule has 0 unspecified atom stereocenters. The van der Waals surface area contributed by atoms with Crippen molar-refractivity contribution in [2.24, 2.45) is 0 Å². The molecule has 2 rings (SSSR count). The number of halogens is 3. The summed E-state index contributed by atoms with van der Waals surface area (Å²) >= 11 is 0. The molecule has 0 bridgehead atoms. The Balaban J connectivity index is 2.07. The first-order valence-electron chi connectivity index (χ1n) is 7.90. The van der Waals surface area contributed by atoms with Gasteiger partial charge in [0.2, 0.25) is 11.9 Å². The van der Waals surface area contributed by atoms with Gasteiger partial charge in [0.1, 0.15) is 11.6 Å². The maximum absolute atomic E-state index is 12.7. The van der Waals surface area contributed by atoms with Crippen molar-refractivity contribution in [3.05, 3.63) is 35.4 Å². The number of nitrogen functional groups attached to an aromatic ring is 1. The summed E-state index contributed by atoms with van der Waals surface area (Å²) in [5.74, 6) is -1.17. The maximum atomic E-state index is 12.7. The SMILES string of the molecule is CS(=O)(=O)c1nc(N)nc(NCCC(=O)Nc2cccc(C(F)(F)F)c2)c1C#N. The lowest BCUT2D eigenvalue weighted by molar-refractivity contribution is -0.137. The fraction of sp³-hybridized carbons (Fsp3) is 0.250. The van der Waals surface area contributed by atoms with Crippen LogP contribution in [0.1, 0.15) is 17.5 Å². The predicted molar refractivity (Wildman–Crippen MR) is 97.4 cm³/mol. The molecule has 1 heterocycles. The Morgan fingerprint density at radius 3 is 2.59 bits per heavy atom. The molecule has 0 aliphatic rings. The van der Waals surface area contributed by atoms with E-state index in [2.05, 4.69) is 20.6 Å². The number of nitriles is 1. The number of sulfone groups is 1. The minimum atomic E-state index is -4.54. The Hall–Kier alpha value is -3.40. The molecule has 1 amide bonds. The standard InChI is InChI=1S/C16H15F3N6O3S/c1-29(27,28)14-11(8-20)13(24-15(21)25-14)22-6-5-12(26)23-10-4-2-3-9(7-10)16(17,18)19/h2-4,7H,5-6H2,1H3,(H,23,26)(H3,21,22,24,25). The van der Waals surface area contributed by atoms with Crippen molar-refractivity contribution in [3.63, 3.8) is 0 Å². The van der Waals surface area contributed by atoms with Crippen molar-refractivity contribution in [1.29, 1.82) is 5.26 Å². The molecule has 1 aromatic carbocycles. The Labute approximate surface area is 163 Å². The lowest BCUT2D eigenvalue weighted by Crippen LogP contribution is -2.18. The molecular formula is C16H15F3N6O3S. The van der Waals surface area contributed by atoms with Crippen molar-refractivity contribution in [2.45, 2.75) is 17.6 Å². The first-order valence-corrected chi connectivity index (χ1v) is 9.79. The van der Waals surface area contributed by atoms with E-state index >= 15 is 0 Å². The van der Waals surface area contributed by atoms with Gasteiger partial charge in [-0.05, 0) is 18.2 Å². The summed E-state index contributed by atoms with van der Waals surface area (Å²) in [4.78, 5) is 19.3. The van der Waals surface area contributed by atoms with Crippen molar-refractivity contribution >= 4 is 33.2 Å². The molecule has 13 heteroatoms. The second-order valence-electron chi connectivity index (χ2n) is 5.80. The molecule has 0 saturated carbocycles. The van der Waals surface area contributed by atoms with E-state index in [4.69, 9.17) is 5.73 Å². The summed E-state index contributed by atoms with van der Waals surface area (Å²) < 4.78 is 61.6. The third-order valence-corrected chi connectivity index (χ3v) is 4.47. The van der Waals surface area contributed by atoms with Gasteiger partial charge >= 0.3 is 6.18 Å². The van der Waals surface area contributed by atoms with Crippen LogP contribution < -0.4 is 16.4 Å². The molecule has 1 aromatic heterocycles. The van der Waals surface area contributed by atoms with Crippen LogP contribution in [0, 0.1) is 11.3 Å². The quantitative estimate of drug-likeness (QED) is 0.589. The Bertz CT molecular complexity index is 1080. The van der Waals surface area contributed by atoms with Gasteiger partial charge in [-0.1, -0.05) is 6.07 Å². The zero-order valence-electron chi connectivity index (χ0n) is 14.9. The topological polar surface area (TPSA) is 151 Å². The molecular weight excluding hydrogens is 413 g/mol. The van der Waals surface area contributed by atoms with Gasteiger partial charge in [-0.25, -0.2) is 8.42 Å². The van der Waals surface area contributed by atoms with Crippen LogP contribution in [-0.4, -0.2) is 37.1 Å². The number of nitrogens with one attached hydrogen (secondary N) is 2. The highest BCUT2D eigenvalue weighted by Crippen LogP contribution is 2.30. The van der Waals surface area contributed by atoms with Gasteiger partial charge in [-0.3, -0.25) is 4.79 Å². The van der Waals surface area contributed by atoms with Gasteiger partial charge in [0.05, 0.1) is 5.56 Å². The first kappa shape index (κ1) is 21.9. The number of rotatable bonds is 6. The lowest BCUT2D eigenvalue weighted by Gasteiger charge is -2.11. The summed E-state index contributed by atoms with van der Waals surface area (Å²) in [5, 5.41) is 13.6. The molecule has 154 valence electrons. The molecule has 0 radical (unpaired) electrons. The normalized spacial score (nSPS) is 11.6. The number of carbonyl (C=O) groups excluding carboxylic acids is 1.